The first kappa shape index (κ1) is 15.0. The zero-order chi connectivity index (χ0) is 15.5. The number of nitrogen functional groups attached to an aromatic ring is 1. The number of hydrogen-bond donors (Lipinski definition) is 2. The molecule has 0 aliphatic heterocycles. The molecule has 4 nitrogen and oxygen atoms in total. The second-order valence-electron chi connectivity index (χ2n) is 5.66. The fourth-order valence-electron chi connectivity index (χ4n) is 3.03. The van der Waals surface area contributed by atoms with E-state index in [1.165, 1.54) is 29.7 Å². The number of aromatic nitrogens is 1. The van der Waals surface area contributed by atoms with Crippen LogP contribution in [0.4, 0.5) is 9.52 Å². The second kappa shape index (κ2) is 6.44. The maximum Gasteiger partial charge on any atom is 0.263 e. The number of anilines is 1. The van der Waals surface area contributed by atoms with Gasteiger partial charge < -0.3 is 11.1 Å². The van der Waals surface area contributed by atoms with Crippen LogP contribution in [0.1, 0.15) is 34.5 Å². The van der Waals surface area contributed by atoms with Crippen LogP contribution in [0.25, 0.3) is 0 Å². The van der Waals surface area contributed by atoms with Crippen LogP contribution in [-0.4, -0.2) is 16.9 Å². The fourth-order valence-corrected chi connectivity index (χ4v) is 3.61. The van der Waals surface area contributed by atoms with Crippen molar-refractivity contribution >= 4 is 22.4 Å². The first-order chi connectivity index (χ1) is 10.6. The van der Waals surface area contributed by atoms with Crippen molar-refractivity contribution < 1.29 is 9.18 Å². The van der Waals surface area contributed by atoms with Crippen molar-refractivity contribution in [3.8, 4) is 0 Å². The Bertz CT molecular complexity index is 656. The number of nitrogens with one attached hydrogen (secondary N) is 1. The molecular formula is C16H18FN3OS. The molecule has 0 bridgehead atoms. The Kier molecular flexibility index (Phi) is 4.38. The lowest BCUT2D eigenvalue weighted by Gasteiger charge is -2.20. The SMILES string of the molecule is Nc1ncc(C(=O)N[C@H]2CCC[C@H]2Cc2ccc(F)cc2)s1. The summed E-state index contributed by atoms with van der Waals surface area (Å²) in [5, 5.41) is 3.49. The van der Waals surface area contributed by atoms with Crippen molar-refractivity contribution in [2.45, 2.75) is 31.7 Å². The summed E-state index contributed by atoms with van der Waals surface area (Å²) >= 11 is 1.20. The summed E-state index contributed by atoms with van der Waals surface area (Å²) in [6.07, 6.45) is 5.52. The predicted molar refractivity (Wildman–Crippen MR) is 85.2 cm³/mol. The largest absolute Gasteiger partial charge is 0.375 e. The zero-order valence-corrected chi connectivity index (χ0v) is 12.9. The third-order valence-corrected chi connectivity index (χ3v) is 4.96. The minimum absolute atomic E-state index is 0.106. The predicted octanol–water partition coefficient (Wildman–Crippen LogP) is 3.01. The highest BCUT2D eigenvalue weighted by Gasteiger charge is 2.29. The van der Waals surface area contributed by atoms with Gasteiger partial charge in [0.15, 0.2) is 5.13 Å². The van der Waals surface area contributed by atoms with Crippen LogP contribution < -0.4 is 11.1 Å². The maximum atomic E-state index is 13.0. The number of halogens is 1. The van der Waals surface area contributed by atoms with E-state index in [-0.39, 0.29) is 17.8 Å². The van der Waals surface area contributed by atoms with Crippen molar-refractivity contribution in [2.24, 2.45) is 5.92 Å². The van der Waals surface area contributed by atoms with E-state index in [2.05, 4.69) is 10.3 Å². The van der Waals surface area contributed by atoms with Gasteiger partial charge >= 0.3 is 0 Å². The highest BCUT2D eigenvalue weighted by molar-refractivity contribution is 7.17. The Balaban J connectivity index is 1.63. The lowest BCUT2D eigenvalue weighted by molar-refractivity contribution is 0.0931. The molecule has 3 N–H and O–H groups in total. The standard InChI is InChI=1S/C16H18FN3OS/c17-12-6-4-10(5-7-12)8-11-2-1-3-13(11)20-15(21)14-9-19-16(18)22-14/h4-7,9,11,13H,1-3,8H2,(H2,18,19)(H,20,21)/t11-,13-/m0/s1. The Morgan fingerprint density at radius 1 is 1.36 bits per heavy atom. The molecule has 2 atom stereocenters. The second-order valence-corrected chi connectivity index (χ2v) is 6.73. The van der Waals surface area contributed by atoms with E-state index >= 15 is 0 Å². The summed E-state index contributed by atoms with van der Waals surface area (Å²) in [6, 6.07) is 6.75. The highest BCUT2D eigenvalue weighted by atomic mass is 32.1. The third kappa shape index (κ3) is 3.44. The van der Waals surface area contributed by atoms with Gasteiger partial charge in [0, 0.05) is 6.04 Å². The van der Waals surface area contributed by atoms with Gasteiger partial charge in [-0.25, -0.2) is 9.37 Å². The van der Waals surface area contributed by atoms with E-state index in [1.807, 2.05) is 12.1 Å². The average Bonchev–Trinajstić information content (AvgIpc) is 3.11. The Hall–Kier alpha value is -1.95. The first-order valence-electron chi connectivity index (χ1n) is 7.38. The number of nitrogens with zero attached hydrogens (tertiary/aromatic N) is 1. The summed E-state index contributed by atoms with van der Waals surface area (Å²) < 4.78 is 13.0. The number of rotatable bonds is 4. The molecule has 3 rings (SSSR count). The van der Waals surface area contributed by atoms with E-state index in [9.17, 15) is 9.18 Å². The van der Waals surface area contributed by atoms with Gasteiger partial charge in [-0.1, -0.05) is 29.9 Å². The number of benzene rings is 1. The van der Waals surface area contributed by atoms with Crippen LogP contribution >= 0.6 is 11.3 Å². The molecule has 0 radical (unpaired) electrons. The van der Waals surface area contributed by atoms with Crippen LogP contribution in [0.3, 0.4) is 0 Å². The number of carbonyl (C=O) groups excluding carboxylic acids is 1. The van der Waals surface area contributed by atoms with Gasteiger partial charge in [-0.3, -0.25) is 4.79 Å². The van der Waals surface area contributed by atoms with Crippen LogP contribution in [0.2, 0.25) is 0 Å². The number of hydrogen-bond acceptors (Lipinski definition) is 4. The van der Waals surface area contributed by atoms with Crippen molar-refractivity contribution in [1.29, 1.82) is 0 Å². The topological polar surface area (TPSA) is 68.0 Å². The maximum absolute atomic E-state index is 13.0. The van der Waals surface area contributed by atoms with E-state index in [1.54, 1.807) is 0 Å². The monoisotopic (exact) mass is 319 g/mol. The van der Waals surface area contributed by atoms with Crippen molar-refractivity contribution in [3.05, 3.63) is 46.7 Å². The fraction of sp³-hybridized carbons (Fsp3) is 0.375. The molecule has 1 heterocycles. The first-order valence-corrected chi connectivity index (χ1v) is 8.20. The molecular weight excluding hydrogens is 301 g/mol. The minimum Gasteiger partial charge on any atom is -0.375 e. The summed E-state index contributed by atoms with van der Waals surface area (Å²) in [7, 11) is 0. The number of amides is 1. The molecule has 1 amide bonds. The van der Waals surface area contributed by atoms with E-state index in [0.29, 0.717) is 15.9 Å². The molecule has 22 heavy (non-hydrogen) atoms. The summed E-state index contributed by atoms with van der Waals surface area (Å²) in [6.45, 7) is 0. The van der Waals surface area contributed by atoms with Crippen molar-refractivity contribution in [3.63, 3.8) is 0 Å². The van der Waals surface area contributed by atoms with Crippen molar-refractivity contribution in [1.82, 2.24) is 10.3 Å². The molecule has 6 heteroatoms. The van der Waals surface area contributed by atoms with Gasteiger partial charge in [0.2, 0.25) is 0 Å². The van der Waals surface area contributed by atoms with Gasteiger partial charge in [0.05, 0.1) is 6.20 Å². The van der Waals surface area contributed by atoms with Gasteiger partial charge in [0.25, 0.3) is 5.91 Å². The van der Waals surface area contributed by atoms with E-state index < -0.39 is 0 Å². The van der Waals surface area contributed by atoms with Crippen LogP contribution in [0.15, 0.2) is 30.5 Å². The van der Waals surface area contributed by atoms with Crippen molar-refractivity contribution in [2.75, 3.05) is 5.73 Å². The lowest BCUT2D eigenvalue weighted by atomic mass is 9.94. The molecule has 1 fully saturated rings. The molecule has 0 unspecified atom stereocenters. The van der Waals surface area contributed by atoms with Gasteiger partial charge in [-0.05, 0) is 42.9 Å². The summed E-state index contributed by atoms with van der Waals surface area (Å²) in [5.74, 6) is 0.0627. The molecule has 1 aromatic carbocycles. The summed E-state index contributed by atoms with van der Waals surface area (Å²) in [5.41, 5.74) is 6.67. The molecule has 1 saturated carbocycles. The van der Waals surface area contributed by atoms with E-state index in [0.717, 1.165) is 31.2 Å². The van der Waals surface area contributed by atoms with Gasteiger partial charge in [-0.15, -0.1) is 0 Å². The lowest BCUT2D eigenvalue weighted by Crippen LogP contribution is -2.37. The smallest absolute Gasteiger partial charge is 0.263 e. The molecule has 0 saturated heterocycles. The number of carbonyl (C=O) groups is 1. The molecule has 1 aliphatic carbocycles. The number of thiazole rings is 1. The van der Waals surface area contributed by atoms with E-state index in [4.69, 9.17) is 5.73 Å². The molecule has 2 aromatic rings. The quantitative estimate of drug-likeness (QED) is 0.910. The number of nitrogens with two attached hydrogens (primary N) is 1. The molecule has 1 aliphatic rings. The van der Waals surface area contributed by atoms with Crippen LogP contribution in [-0.2, 0) is 6.42 Å². The Labute approximate surface area is 132 Å². The Morgan fingerprint density at radius 3 is 2.82 bits per heavy atom. The van der Waals surface area contributed by atoms with Crippen LogP contribution in [0.5, 0.6) is 0 Å². The summed E-state index contributed by atoms with van der Waals surface area (Å²) in [4.78, 5) is 16.7. The molecule has 116 valence electrons. The zero-order valence-electron chi connectivity index (χ0n) is 12.1. The van der Waals surface area contributed by atoms with Crippen LogP contribution in [0, 0.1) is 11.7 Å². The average molecular weight is 319 g/mol. The normalized spacial score (nSPS) is 21.0. The molecule has 1 aromatic heterocycles. The van der Waals surface area contributed by atoms with Gasteiger partial charge in [-0.2, -0.15) is 0 Å². The highest BCUT2D eigenvalue weighted by Crippen LogP contribution is 2.29. The Morgan fingerprint density at radius 2 is 2.14 bits per heavy atom. The minimum atomic E-state index is -0.220. The van der Waals surface area contributed by atoms with Gasteiger partial charge in [0.1, 0.15) is 10.7 Å². The third-order valence-electron chi connectivity index (χ3n) is 4.13. The molecule has 0 spiro atoms.